The van der Waals surface area contributed by atoms with Gasteiger partial charge >= 0.3 is 5.97 Å². The number of likely N-dealkylation sites (N-methyl/N-ethyl adjacent to an activating group) is 1. The molecule has 2 aliphatic rings. The van der Waals surface area contributed by atoms with E-state index in [1.165, 1.54) is 0 Å². The van der Waals surface area contributed by atoms with Crippen LogP contribution in [0.5, 0.6) is 11.5 Å². The standard InChI is InChI=1S/C19H25NO5/c1-13-3-6-15(7-4-13)20(2)18(21)12-25-19(22)14-5-8-16-17(11-14)24-10-9-23-16/h5,8,11,13,15H,3-4,6-7,9-10,12H2,1-2H3. The number of hydrogen-bond donors (Lipinski definition) is 0. The summed E-state index contributed by atoms with van der Waals surface area (Å²) in [5.74, 6) is 1.18. The average molecular weight is 347 g/mol. The van der Waals surface area contributed by atoms with Gasteiger partial charge in [0.05, 0.1) is 5.56 Å². The van der Waals surface area contributed by atoms with Gasteiger partial charge in [-0.25, -0.2) is 4.79 Å². The van der Waals surface area contributed by atoms with Crippen molar-refractivity contribution >= 4 is 11.9 Å². The second kappa shape index (κ2) is 7.76. The summed E-state index contributed by atoms with van der Waals surface area (Å²) in [5, 5.41) is 0. The molecule has 3 rings (SSSR count). The predicted molar refractivity (Wildman–Crippen MR) is 91.9 cm³/mol. The molecule has 136 valence electrons. The fourth-order valence-electron chi connectivity index (χ4n) is 3.32. The van der Waals surface area contributed by atoms with Gasteiger partial charge in [0.15, 0.2) is 18.1 Å². The lowest BCUT2D eigenvalue weighted by Crippen LogP contribution is -2.41. The molecule has 1 aliphatic carbocycles. The molecule has 25 heavy (non-hydrogen) atoms. The largest absolute Gasteiger partial charge is 0.486 e. The number of nitrogens with zero attached hydrogens (tertiary/aromatic N) is 1. The van der Waals surface area contributed by atoms with Crippen LogP contribution in [0.2, 0.25) is 0 Å². The molecule has 6 heteroatoms. The first-order valence-electron chi connectivity index (χ1n) is 8.87. The van der Waals surface area contributed by atoms with Crippen LogP contribution < -0.4 is 9.47 Å². The Hall–Kier alpha value is -2.24. The second-order valence-electron chi connectivity index (χ2n) is 6.85. The summed E-state index contributed by atoms with van der Waals surface area (Å²) in [6, 6.07) is 5.14. The number of carbonyl (C=O) groups is 2. The number of fused-ring (bicyclic) bond motifs is 1. The Morgan fingerprint density at radius 3 is 2.52 bits per heavy atom. The summed E-state index contributed by atoms with van der Waals surface area (Å²) in [5.41, 5.74) is 0.353. The van der Waals surface area contributed by atoms with Crippen molar-refractivity contribution in [2.45, 2.75) is 38.6 Å². The van der Waals surface area contributed by atoms with Crippen molar-refractivity contribution in [3.8, 4) is 11.5 Å². The molecule has 0 radical (unpaired) electrons. The maximum atomic E-state index is 12.3. The Morgan fingerprint density at radius 2 is 1.80 bits per heavy atom. The van der Waals surface area contributed by atoms with Gasteiger partial charge in [-0.2, -0.15) is 0 Å². The number of amides is 1. The van der Waals surface area contributed by atoms with Crippen molar-refractivity contribution in [1.82, 2.24) is 4.90 Å². The van der Waals surface area contributed by atoms with E-state index in [1.54, 1.807) is 30.1 Å². The van der Waals surface area contributed by atoms with Crippen LogP contribution in [0.3, 0.4) is 0 Å². The van der Waals surface area contributed by atoms with Crippen molar-refractivity contribution in [2.24, 2.45) is 5.92 Å². The lowest BCUT2D eigenvalue weighted by Gasteiger charge is -2.33. The molecule has 0 atom stereocenters. The molecule has 1 fully saturated rings. The number of carbonyl (C=O) groups excluding carboxylic acids is 2. The van der Waals surface area contributed by atoms with Gasteiger partial charge in [-0.05, 0) is 49.8 Å². The number of esters is 1. The molecule has 0 saturated heterocycles. The minimum atomic E-state index is -0.531. The summed E-state index contributed by atoms with van der Waals surface area (Å²) in [4.78, 5) is 26.2. The van der Waals surface area contributed by atoms with Crippen LogP contribution in [0.25, 0.3) is 0 Å². The number of ether oxygens (including phenoxy) is 3. The Kier molecular flexibility index (Phi) is 5.46. The highest BCUT2D eigenvalue weighted by molar-refractivity contribution is 5.92. The number of benzene rings is 1. The van der Waals surface area contributed by atoms with E-state index in [1.807, 2.05) is 0 Å². The van der Waals surface area contributed by atoms with Crippen molar-refractivity contribution in [3.05, 3.63) is 23.8 Å². The quantitative estimate of drug-likeness (QED) is 0.784. The van der Waals surface area contributed by atoms with Gasteiger partial charge in [-0.15, -0.1) is 0 Å². The Morgan fingerprint density at radius 1 is 1.12 bits per heavy atom. The number of hydrogen-bond acceptors (Lipinski definition) is 5. The van der Waals surface area contributed by atoms with Crippen LogP contribution in [0, 0.1) is 5.92 Å². The Bertz CT molecular complexity index is 637. The van der Waals surface area contributed by atoms with E-state index in [9.17, 15) is 9.59 Å². The van der Waals surface area contributed by atoms with Gasteiger partial charge in [0.25, 0.3) is 5.91 Å². The minimum Gasteiger partial charge on any atom is -0.486 e. The zero-order valence-corrected chi connectivity index (χ0v) is 14.8. The normalized spacial score (nSPS) is 22.2. The van der Waals surface area contributed by atoms with Gasteiger partial charge < -0.3 is 19.1 Å². The first-order chi connectivity index (χ1) is 12.0. The molecular formula is C19H25NO5. The molecule has 1 aromatic carbocycles. The van der Waals surface area contributed by atoms with Crippen LogP contribution >= 0.6 is 0 Å². The zero-order chi connectivity index (χ0) is 17.8. The molecule has 0 aromatic heterocycles. The van der Waals surface area contributed by atoms with E-state index < -0.39 is 5.97 Å². The summed E-state index contributed by atoms with van der Waals surface area (Å²) in [6.07, 6.45) is 4.30. The summed E-state index contributed by atoms with van der Waals surface area (Å²) in [6.45, 7) is 2.95. The SMILES string of the molecule is CC1CCC(N(C)C(=O)COC(=O)c2ccc3c(c2)OCCO3)CC1. The van der Waals surface area contributed by atoms with E-state index >= 15 is 0 Å². The fraction of sp³-hybridized carbons (Fsp3) is 0.579. The molecule has 6 nitrogen and oxygen atoms in total. The average Bonchev–Trinajstić information content (AvgIpc) is 2.65. The topological polar surface area (TPSA) is 65.1 Å². The molecular weight excluding hydrogens is 322 g/mol. The third kappa shape index (κ3) is 4.24. The van der Waals surface area contributed by atoms with Crippen LogP contribution in [-0.4, -0.2) is 49.7 Å². The molecule has 1 heterocycles. The van der Waals surface area contributed by atoms with Crippen LogP contribution in [-0.2, 0) is 9.53 Å². The van der Waals surface area contributed by atoms with Crippen LogP contribution in [0.4, 0.5) is 0 Å². The third-order valence-electron chi connectivity index (χ3n) is 5.03. The number of rotatable bonds is 4. The van der Waals surface area contributed by atoms with Crippen molar-refractivity contribution in [2.75, 3.05) is 26.9 Å². The zero-order valence-electron chi connectivity index (χ0n) is 14.8. The highest BCUT2D eigenvalue weighted by Gasteiger charge is 2.25. The van der Waals surface area contributed by atoms with E-state index in [0.717, 1.165) is 31.6 Å². The van der Waals surface area contributed by atoms with Gasteiger partial charge in [0.1, 0.15) is 13.2 Å². The van der Waals surface area contributed by atoms with Gasteiger partial charge in [-0.1, -0.05) is 6.92 Å². The summed E-state index contributed by atoms with van der Waals surface area (Å²) < 4.78 is 16.1. The smallest absolute Gasteiger partial charge is 0.338 e. The summed E-state index contributed by atoms with van der Waals surface area (Å²) in [7, 11) is 1.79. The van der Waals surface area contributed by atoms with Crippen LogP contribution in [0.1, 0.15) is 43.0 Å². The molecule has 1 aromatic rings. The maximum Gasteiger partial charge on any atom is 0.338 e. The molecule has 0 N–H and O–H groups in total. The van der Waals surface area contributed by atoms with Gasteiger partial charge in [0, 0.05) is 13.1 Å². The predicted octanol–water partition coefficient (Wildman–Crippen LogP) is 2.65. The van der Waals surface area contributed by atoms with Crippen molar-refractivity contribution < 1.29 is 23.8 Å². The van der Waals surface area contributed by atoms with Crippen molar-refractivity contribution in [1.29, 1.82) is 0 Å². The van der Waals surface area contributed by atoms with E-state index in [0.29, 0.717) is 30.3 Å². The Labute approximate surface area is 148 Å². The maximum absolute atomic E-state index is 12.3. The van der Waals surface area contributed by atoms with E-state index in [-0.39, 0.29) is 18.6 Å². The van der Waals surface area contributed by atoms with E-state index in [2.05, 4.69) is 6.92 Å². The third-order valence-corrected chi connectivity index (χ3v) is 5.03. The summed E-state index contributed by atoms with van der Waals surface area (Å²) >= 11 is 0. The molecule has 0 bridgehead atoms. The lowest BCUT2D eigenvalue weighted by molar-refractivity contribution is -0.136. The highest BCUT2D eigenvalue weighted by atomic mass is 16.6. The van der Waals surface area contributed by atoms with E-state index in [4.69, 9.17) is 14.2 Å². The minimum absolute atomic E-state index is 0.162. The van der Waals surface area contributed by atoms with Crippen LogP contribution in [0.15, 0.2) is 18.2 Å². The molecule has 1 amide bonds. The first kappa shape index (κ1) is 17.6. The molecule has 1 aliphatic heterocycles. The lowest BCUT2D eigenvalue weighted by atomic mass is 9.87. The highest BCUT2D eigenvalue weighted by Crippen LogP contribution is 2.31. The molecule has 0 unspecified atom stereocenters. The molecule has 1 saturated carbocycles. The second-order valence-corrected chi connectivity index (χ2v) is 6.85. The molecule has 0 spiro atoms. The van der Waals surface area contributed by atoms with Gasteiger partial charge in [-0.3, -0.25) is 4.79 Å². The first-order valence-corrected chi connectivity index (χ1v) is 8.87. The van der Waals surface area contributed by atoms with Crippen molar-refractivity contribution in [3.63, 3.8) is 0 Å². The Balaban J connectivity index is 1.52. The van der Waals surface area contributed by atoms with Gasteiger partial charge in [0.2, 0.25) is 0 Å². The fourth-order valence-corrected chi connectivity index (χ4v) is 3.32. The monoisotopic (exact) mass is 347 g/mol.